The molecule has 0 spiro atoms. The quantitative estimate of drug-likeness (QED) is 0.903. The Labute approximate surface area is 108 Å². The number of imidazole rings is 1. The van der Waals surface area contributed by atoms with Crippen LogP contribution < -0.4 is 5.32 Å². The van der Waals surface area contributed by atoms with Gasteiger partial charge in [-0.15, -0.1) is 0 Å². The molecule has 1 N–H and O–H groups in total. The lowest BCUT2D eigenvalue weighted by molar-refractivity contribution is 0.556. The molecule has 0 aromatic carbocycles. The van der Waals surface area contributed by atoms with E-state index in [9.17, 15) is 8.42 Å². The third-order valence-electron chi connectivity index (χ3n) is 3.68. The minimum Gasteiger partial charge on any atom is -0.353 e. The maximum Gasteiger partial charge on any atom is 0.203 e. The average Bonchev–Trinajstić information content (AvgIpc) is 3.07. The third kappa shape index (κ3) is 2.53. The number of nitrogens with zero attached hydrogens (tertiary/aromatic N) is 2. The van der Waals surface area contributed by atoms with Crippen LogP contribution in [0.15, 0.2) is 6.20 Å². The minimum absolute atomic E-state index is 0.243. The lowest BCUT2D eigenvalue weighted by Crippen LogP contribution is -2.33. The highest BCUT2D eigenvalue weighted by Crippen LogP contribution is 2.37. The van der Waals surface area contributed by atoms with Crippen molar-refractivity contribution in [2.45, 2.75) is 44.7 Å². The molecule has 1 saturated carbocycles. The van der Waals surface area contributed by atoms with Gasteiger partial charge in [-0.1, -0.05) is 0 Å². The summed E-state index contributed by atoms with van der Waals surface area (Å²) in [7, 11) is -2.78. The van der Waals surface area contributed by atoms with E-state index >= 15 is 0 Å². The summed E-state index contributed by atoms with van der Waals surface area (Å²) in [5.74, 6) is 1.51. The molecule has 0 atom stereocenters. The second-order valence-electron chi connectivity index (χ2n) is 5.41. The van der Waals surface area contributed by atoms with Gasteiger partial charge in [-0.2, -0.15) is 0 Å². The monoisotopic (exact) mass is 269 g/mol. The van der Waals surface area contributed by atoms with Gasteiger partial charge in [0.1, 0.15) is 9.84 Å². The van der Waals surface area contributed by atoms with E-state index < -0.39 is 9.84 Å². The molecular formula is C12H19N3O2S. The van der Waals surface area contributed by atoms with Crippen LogP contribution in [0.1, 0.15) is 37.4 Å². The fraction of sp³-hybridized carbons (Fsp3) is 0.750. The van der Waals surface area contributed by atoms with Gasteiger partial charge in [0.15, 0.2) is 0 Å². The van der Waals surface area contributed by atoms with Crippen LogP contribution in [0, 0.1) is 6.92 Å². The van der Waals surface area contributed by atoms with Crippen molar-refractivity contribution >= 4 is 15.8 Å². The van der Waals surface area contributed by atoms with Crippen LogP contribution in [0.2, 0.25) is 0 Å². The van der Waals surface area contributed by atoms with Gasteiger partial charge in [0.05, 0.1) is 17.2 Å². The zero-order valence-electron chi connectivity index (χ0n) is 10.6. The number of nitrogens with one attached hydrogen (secondary N) is 1. The zero-order chi connectivity index (χ0) is 12.8. The molecule has 2 fully saturated rings. The van der Waals surface area contributed by atoms with E-state index in [1.807, 2.05) is 6.92 Å². The second-order valence-corrected chi connectivity index (χ2v) is 7.72. The van der Waals surface area contributed by atoms with Gasteiger partial charge in [-0.25, -0.2) is 13.4 Å². The van der Waals surface area contributed by atoms with Crippen LogP contribution >= 0.6 is 0 Å². The highest BCUT2D eigenvalue weighted by molar-refractivity contribution is 7.91. The van der Waals surface area contributed by atoms with Gasteiger partial charge in [-0.3, -0.25) is 0 Å². The number of rotatable bonds is 3. The molecule has 2 heterocycles. The molecule has 6 heteroatoms. The summed E-state index contributed by atoms with van der Waals surface area (Å²) in [6.45, 7) is 2.00. The molecular weight excluding hydrogens is 250 g/mol. The summed E-state index contributed by atoms with van der Waals surface area (Å²) in [6.07, 6.45) is 5.92. The summed E-state index contributed by atoms with van der Waals surface area (Å²) in [4.78, 5) is 4.50. The Bertz CT molecular complexity index is 532. The molecule has 3 rings (SSSR count). The topological polar surface area (TPSA) is 64.0 Å². The van der Waals surface area contributed by atoms with Crippen molar-refractivity contribution in [3.8, 4) is 0 Å². The summed E-state index contributed by atoms with van der Waals surface area (Å²) >= 11 is 0. The molecule has 0 amide bonds. The van der Waals surface area contributed by atoms with E-state index in [1.54, 1.807) is 0 Å². The second kappa shape index (κ2) is 4.26. The number of aryl methyl sites for hydroxylation is 1. The largest absolute Gasteiger partial charge is 0.353 e. The van der Waals surface area contributed by atoms with Gasteiger partial charge >= 0.3 is 0 Å². The van der Waals surface area contributed by atoms with Gasteiger partial charge in [0.2, 0.25) is 5.95 Å². The lowest BCUT2D eigenvalue weighted by atomic mass is 10.2. The maximum absolute atomic E-state index is 11.4. The molecule has 1 aliphatic heterocycles. The minimum atomic E-state index is -2.78. The molecule has 0 bridgehead atoms. The molecule has 1 aromatic heterocycles. The normalized spacial score (nSPS) is 24.1. The molecule has 0 unspecified atom stereocenters. The van der Waals surface area contributed by atoms with Crippen LogP contribution in [0.3, 0.4) is 0 Å². The number of hydrogen-bond acceptors (Lipinski definition) is 4. The Kier molecular flexibility index (Phi) is 2.84. The van der Waals surface area contributed by atoms with Gasteiger partial charge in [-0.05, 0) is 32.6 Å². The van der Waals surface area contributed by atoms with Gasteiger partial charge in [0, 0.05) is 18.3 Å². The van der Waals surface area contributed by atoms with E-state index in [2.05, 4.69) is 21.1 Å². The highest BCUT2D eigenvalue weighted by atomic mass is 32.2. The SMILES string of the molecule is Cc1cn(C2CC2)c(NC2CCS(=O)(=O)CC2)n1. The Balaban J connectivity index is 1.69. The Morgan fingerprint density at radius 2 is 1.94 bits per heavy atom. The predicted molar refractivity (Wildman–Crippen MR) is 70.5 cm³/mol. The van der Waals surface area contributed by atoms with E-state index in [4.69, 9.17) is 0 Å². The molecule has 1 saturated heterocycles. The summed E-state index contributed by atoms with van der Waals surface area (Å²) in [5, 5.41) is 3.42. The van der Waals surface area contributed by atoms with Crippen LogP contribution in [0.25, 0.3) is 0 Å². The molecule has 1 aromatic rings. The summed E-state index contributed by atoms with van der Waals surface area (Å²) < 4.78 is 25.0. The maximum atomic E-state index is 11.4. The number of hydrogen-bond donors (Lipinski definition) is 1. The first-order valence-corrected chi connectivity index (χ1v) is 8.38. The standard InChI is InChI=1S/C12H19N3O2S/c1-9-8-15(11-2-3-11)12(13-9)14-10-4-6-18(16,17)7-5-10/h8,10-11H,2-7H2,1H3,(H,13,14). The van der Waals surface area contributed by atoms with E-state index in [0.717, 1.165) is 11.6 Å². The van der Waals surface area contributed by atoms with E-state index in [-0.39, 0.29) is 6.04 Å². The molecule has 1 aliphatic carbocycles. The van der Waals surface area contributed by atoms with Gasteiger partial charge < -0.3 is 9.88 Å². The van der Waals surface area contributed by atoms with Crippen molar-refractivity contribution in [3.63, 3.8) is 0 Å². The fourth-order valence-corrected chi connectivity index (χ4v) is 3.96. The smallest absolute Gasteiger partial charge is 0.203 e. The fourth-order valence-electron chi connectivity index (χ4n) is 2.47. The van der Waals surface area contributed by atoms with Crippen molar-refractivity contribution in [1.82, 2.24) is 9.55 Å². The van der Waals surface area contributed by atoms with Crippen molar-refractivity contribution in [1.29, 1.82) is 0 Å². The first kappa shape index (κ1) is 12.0. The summed E-state index contributed by atoms with van der Waals surface area (Å²) in [6, 6.07) is 0.842. The lowest BCUT2D eigenvalue weighted by Gasteiger charge is -2.23. The van der Waals surface area contributed by atoms with Gasteiger partial charge in [0.25, 0.3) is 0 Å². The van der Waals surface area contributed by atoms with E-state index in [1.165, 1.54) is 12.8 Å². The van der Waals surface area contributed by atoms with Crippen molar-refractivity contribution in [2.24, 2.45) is 0 Å². The first-order valence-electron chi connectivity index (χ1n) is 6.56. The van der Waals surface area contributed by atoms with Crippen LogP contribution in [0.4, 0.5) is 5.95 Å². The number of anilines is 1. The van der Waals surface area contributed by atoms with Crippen molar-refractivity contribution in [2.75, 3.05) is 16.8 Å². The Morgan fingerprint density at radius 1 is 1.28 bits per heavy atom. The molecule has 2 aliphatic rings. The molecule has 100 valence electrons. The van der Waals surface area contributed by atoms with Crippen LogP contribution in [0.5, 0.6) is 0 Å². The highest BCUT2D eigenvalue weighted by Gasteiger charge is 2.28. The van der Waals surface area contributed by atoms with E-state index in [0.29, 0.717) is 30.4 Å². The molecule has 0 radical (unpaired) electrons. The van der Waals surface area contributed by atoms with Crippen molar-refractivity contribution in [3.05, 3.63) is 11.9 Å². The molecule has 5 nitrogen and oxygen atoms in total. The van der Waals surface area contributed by atoms with Crippen LogP contribution in [-0.4, -0.2) is 35.5 Å². The first-order chi connectivity index (χ1) is 8.53. The Morgan fingerprint density at radius 3 is 2.56 bits per heavy atom. The Hall–Kier alpha value is -1.04. The number of sulfone groups is 1. The van der Waals surface area contributed by atoms with Crippen LogP contribution in [-0.2, 0) is 9.84 Å². The number of aromatic nitrogens is 2. The summed E-state index contributed by atoms with van der Waals surface area (Å²) in [5.41, 5.74) is 1.02. The zero-order valence-corrected chi connectivity index (χ0v) is 11.4. The molecule has 18 heavy (non-hydrogen) atoms. The average molecular weight is 269 g/mol. The van der Waals surface area contributed by atoms with Crippen molar-refractivity contribution < 1.29 is 8.42 Å². The third-order valence-corrected chi connectivity index (χ3v) is 5.40. The predicted octanol–water partition coefficient (Wildman–Crippen LogP) is 1.52.